The summed E-state index contributed by atoms with van der Waals surface area (Å²) in [6, 6.07) is 9.20. The molecule has 94 valence electrons. The standard InChI is InChI=1S/C14H21NO2/c1-10(2)11(3)14(17)15-13(9-16)12-7-5-4-6-8-12/h4-8,10-11,13,16H,9H2,1-3H3,(H,15,17)/t11?,13-/m1/s1. The summed E-state index contributed by atoms with van der Waals surface area (Å²) in [5.41, 5.74) is 0.930. The minimum absolute atomic E-state index is 0.0112. The van der Waals surface area contributed by atoms with Gasteiger partial charge >= 0.3 is 0 Å². The molecule has 17 heavy (non-hydrogen) atoms. The van der Waals surface area contributed by atoms with Crippen molar-refractivity contribution >= 4 is 5.91 Å². The molecule has 0 saturated heterocycles. The van der Waals surface area contributed by atoms with Gasteiger partial charge in [0.2, 0.25) is 5.91 Å². The molecule has 0 bridgehead atoms. The molecular weight excluding hydrogens is 214 g/mol. The van der Waals surface area contributed by atoms with E-state index in [0.717, 1.165) is 5.56 Å². The maximum absolute atomic E-state index is 11.9. The Bertz CT molecular complexity index is 348. The quantitative estimate of drug-likeness (QED) is 0.821. The zero-order valence-corrected chi connectivity index (χ0v) is 10.7. The molecule has 0 aliphatic rings. The number of carbonyl (C=O) groups is 1. The average molecular weight is 235 g/mol. The van der Waals surface area contributed by atoms with Crippen LogP contribution in [0.4, 0.5) is 0 Å². The fourth-order valence-electron chi connectivity index (χ4n) is 1.53. The van der Waals surface area contributed by atoms with E-state index in [1.807, 2.05) is 51.1 Å². The summed E-state index contributed by atoms with van der Waals surface area (Å²) in [6.07, 6.45) is 0. The summed E-state index contributed by atoms with van der Waals surface area (Å²) in [7, 11) is 0. The molecule has 0 aliphatic heterocycles. The zero-order valence-electron chi connectivity index (χ0n) is 10.7. The first-order valence-electron chi connectivity index (χ1n) is 6.02. The summed E-state index contributed by atoms with van der Waals surface area (Å²) >= 11 is 0. The van der Waals surface area contributed by atoms with E-state index >= 15 is 0 Å². The van der Waals surface area contributed by atoms with Crippen LogP contribution in [0.5, 0.6) is 0 Å². The third-order valence-electron chi connectivity index (χ3n) is 3.11. The van der Waals surface area contributed by atoms with Gasteiger partial charge in [-0.25, -0.2) is 0 Å². The molecule has 0 aliphatic carbocycles. The van der Waals surface area contributed by atoms with Crippen molar-refractivity contribution in [2.75, 3.05) is 6.61 Å². The van der Waals surface area contributed by atoms with Gasteiger partial charge in [-0.05, 0) is 11.5 Å². The highest BCUT2D eigenvalue weighted by atomic mass is 16.3. The highest BCUT2D eigenvalue weighted by molar-refractivity contribution is 5.79. The number of amides is 1. The van der Waals surface area contributed by atoms with Crippen molar-refractivity contribution < 1.29 is 9.90 Å². The van der Waals surface area contributed by atoms with E-state index in [1.165, 1.54) is 0 Å². The Balaban J connectivity index is 2.68. The van der Waals surface area contributed by atoms with Gasteiger partial charge in [-0.1, -0.05) is 51.1 Å². The van der Waals surface area contributed by atoms with Crippen LogP contribution in [0, 0.1) is 11.8 Å². The SMILES string of the molecule is CC(C)C(C)C(=O)N[C@H](CO)c1ccccc1. The van der Waals surface area contributed by atoms with Gasteiger partial charge in [0.05, 0.1) is 12.6 Å². The van der Waals surface area contributed by atoms with Gasteiger partial charge in [0.1, 0.15) is 0 Å². The lowest BCUT2D eigenvalue weighted by molar-refractivity contribution is -0.126. The van der Waals surface area contributed by atoms with Crippen molar-refractivity contribution in [3.8, 4) is 0 Å². The predicted molar refractivity (Wildman–Crippen MR) is 68.4 cm³/mol. The van der Waals surface area contributed by atoms with E-state index in [0.29, 0.717) is 5.92 Å². The zero-order chi connectivity index (χ0) is 12.8. The number of carbonyl (C=O) groups excluding carboxylic acids is 1. The van der Waals surface area contributed by atoms with Crippen molar-refractivity contribution in [1.82, 2.24) is 5.32 Å². The molecule has 1 amide bonds. The third-order valence-corrected chi connectivity index (χ3v) is 3.11. The molecule has 2 atom stereocenters. The fraction of sp³-hybridized carbons (Fsp3) is 0.500. The molecular formula is C14H21NO2. The van der Waals surface area contributed by atoms with Crippen LogP contribution in [0.15, 0.2) is 30.3 Å². The number of nitrogens with one attached hydrogen (secondary N) is 1. The van der Waals surface area contributed by atoms with Crippen LogP contribution in [0.3, 0.4) is 0 Å². The summed E-state index contributed by atoms with van der Waals surface area (Å²) < 4.78 is 0. The Morgan fingerprint density at radius 2 is 1.82 bits per heavy atom. The molecule has 1 rings (SSSR count). The van der Waals surface area contributed by atoms with Crippen molar-refractivity contribution in [2.45, 2.75) is 26.8 Å². The molecule has 2 N–H and O–H groups in total. The van der Waals surface area contributed by atoms with Gasteiger partial charge in [-0.2, -0.15) is 0 Å². The molecule has 3 nitrogen and oxygen atoms in total. The Morgan fingerprint density at radius 1 is 1.24 bits per heavy atom. The van der Waals surface area contributed by atoms with Crippen LogP contribution in [0.1, 0.15) is 32.4 Å². The first kappa shape index (κ1) is 13.7. The molecule has 1 aromatic carbocycles. The van der Waals surface area contributed by atoms with Crippen LogP contribution in [0.2, 0.25) is 0 Å². The first-order chi connectivity index (χ1) is 8.06. The lowest BCUT2D eigenvalue weighted by atomic mass is 9.96. The number of aliphatic hydroxyl groups excluding tert-OH is 1. The van der Waals surface area contributed by atoms with Gasteiger partial charge < -0.3 is 10.4 Å². The highest BCUT2D eigenvalue weighted by Gasteiger charge is 2.20. The maximum Gasteiger partial charge on any atom is 0.223 e. The Hall–Kier alpha value is -1.35. The lowest BCUT2D eigenvalue weighted by Crippen LogP contribution is -2.36. The Kier molecular flexibility index (Phi) is 5.16. The Labute approximate surface area is 103 Å². The molecule has 0 aromatic heterocycles. The van der Waals surface area contributed by atoms with Gasteiger partial charge in [0, 0.05) is 5.92 Å². The van der Waals surface area contributed by atoms with Gasteiger partial charge in [-0.15, -0.1) is 0 Å². The summed E-state index contributed by atoms with van der Waals surface area (Å²) in [4.78, 5) is 11.9. The summed E-state index contributed by atoms with van der Waals surface area (Å²) in [5.74, 6) is 0.237. The molecule has 1 aromatic rings. The molecule has 0 spiro atoms. The molecule has 0 radical (unpaired) electrons. The second-order valence-electron chi connectivity index (χ2n) is 4.69. The van der Waals surface area contributed by atoms with E-state index < -0.39 is 0 Å². The summed E-state index contributed by atoms with van der Waals surface area (Å²) in [6.45, 7) is 5.85. The molecule has 0 fully saturated rings. The minimum Gasteiger partial charge on any atom is -0.394 e. The van der Waals surface area contributed by atoms with Crippen LogP contribution in [0.25, 0.3) is 0 Å². The smallest absolute Gasteiger partial charge is 0.223 e. The lowest BCUT2D eigenvalue weighted by Gasteiger charge is -2.21. The van der Waals surface area contributed by atoms with Crippen molar-refractivity contribution in [3.05, 3.63) is 35.9 Å². The highest BCUT2D eigenvalue weighted by Crippen LogP contribution is 2.15. The van der Waals surface area contributed by atoms with Crippen LogP contribution in [-0.4, -0.2) is 17.6 Å². The normalized spacial score (nSPS) is 14.4. The van der Waals surface area contributed by atoms with E-state index in [9.17, 15) is 9.90 Å². The summed E-state index contributed by atoms with van der Waals surface area (Å²) in [5, 5.41) is 12.2. The average Bonchev–Trinajstić information content (AvgIpc) is 2.35. The molecule has 0 saturated carbocycles. The van der Waals surface area contributed by atoms with E-state index in [-0.39, 0.29) is 24.5 Å². The van der Waals surface area contributed by atoms with Gasteiger partial charge in [0.15, 0.2) is 0 Å². The second kappa shape index (κ2) is 6.40. The van der Waals surface area contributed by atoms with E-state index in [4.69, 9.17) is 0 Å². The van der Waals surface area contributed by atoms with Gasteiger partial charge in [-0.3, -0.25) is 4.79 Å². The number of aliphatic hydroxyl groups is 1. The van der Waals surface area contributed by atoms with Gasteiger partial charge in [0.25, 0.3) is 0 Å². The van der Waals surface area contributed by atoms with Crippen LogP contribution in [-0.2, 0) is 4.79 Å². The maximum atomic E-state index is 11.9. The minimum atomic E-state index is -0.315. The van der Waals surface area contributed by atoms with Crippen LogP contribution >= 0.6 is 0 Å². The molecule has 1 unspecified atom stereocenters. The third kappa shape index (κ3) is 3.86. The topological polar surface area (TPSA) is 49.3 Å². The van der Waals surface area contributed by atoms with Crippen molar-refractivity contribution in [1.29, 1.82) is 0 Å². The first-order valence-corrected chi connectivity index (χ1v) is 6.02. The predicted octanol–water partition coefficient (Wildman–Crippen LogP) is 2.13. The van der Waals surface area contributed by atoms with E-state index in [2.05, 4.69) is 5.32 Å². The molecule has 3 heteroatoms. The van der Waals surface area contributed by atoms with E-state index in [1.54, 1.807) is 0 Å². The van der Waals surface area contributed by atoms with Crippen LogP contribution < -0.4 is 5.32 Å². The number of hydrogen-bond donors (Lipinski definition) is 2. The fourth-order valence-corrected chi connectivity index (χ4v) is 1.53. The monoisotopic (exact) mass is 235 g/mol. The van der Waals surface area contributed by atoms with Crippen molar-refractivity contribution in [2.24, 2.45) is 11.8 Å². The Morgan fingerprint density at radius 3 is 2.29 bits per heavy atom. The largest absolute Gasteiger partial charge is 0.394 e. The van der Waals surface area contributed by atoms with Crippen molar-refractivity contribution in [3.63, 3.8) is 0 Å². The number of hydrogen-bond acceptors (Lipinski definition) is 2. The number of benzene rings is 1. The second-order valence-corrected chi connectivity index (χ2v) is 4.69. The molecule has 0 heterocycles. The number of rotatable bonds is 5.